The number of piperazine rings is 1. The zero-order valence-electron chi connectivity index (χ0n) is 21.9. The van der Waals surface area contributed by atoms with Crippen LogP contribution in [0.3, 0.4) is 0 Å². The van der Waals surface area contributed by atoms with E-state index < -0.39 is 23.2 Å². The Kier molecular flexibility index (Phi) is 7.02. The standard InChI is InChI=1S/C26H26F2N8O4/c1-15(24(37)32-21-12-30-22(13-29-21)40-20-5-4-16(27)10-19(20)28)34-8-9-35(26(2,3)14-34)25(38)17-6-7-36(39)23-18(17)11-31-33-23/h4-7,10-13,15H,8-9,14H2,1-3H3,(H,31,33)(H,29,32,37). The lowest BCUT2D eigenvalue weighted by Gasteiger charge is -2.48. The molecule has 1 aromatic carbocycles. The first kappa shape index (κ1) is 26.9. The number of amides is 2. The zero-order valence-corrected chi connectivity index (χ0v) is 21.9. The van der Waals surface area contributed by atoms with Crippen LogP contribution in [0.2, 0.25) is 0 Å². The molecular formula is C26H26F2N8O4. The van der Waals surface area contributed by atoms with Crippen LogP contribution in [-0.4, -0.2) is 73.0 Å². The lowest BCUT2D eigenvalue weighted by molar-refractivity contribution is -0.579. The Morgan fingerprint density at radius 2 is 1.98 bits per heavy atom. The first-order chi connectivity index (χ1) is 19.0. The number of pyridine rings is 1. The molecule has 3 aromatic heterocycles. The first-order valence-electron chi connectivity index (χ1n) is 12.4. The van der Waals surface area contributed by atoms with Gasteiger partial charge in [-0.3, -0.25) is 14.5 Å². The summed E-state index contributed by atoms with van der Waals surface area (Å²) in [7, 11) is 0. The van der Waals surface area contributed by atoms with Crippen LogP contribution >= 0.6 is 0 Å². The maximum absolute atomic E-state index is 13.8. The highest BCUT2D eigenvalue weighted by Gasteiger charge is 2.40. The molecule has 4 heterocycles. The van der Waals surface area contributed by atoms with Crippen molar-refractivity contribution in [2.24, 2.45) is 0 Å². The minimum Gasteiger partial charge on any atom is -0.711 e. The predicted octanol–water partition coefficient (Wildman–Crippen LogP) is 2.62. The maximum Gasteiger partial charge on any atom is 0.312 e. The van der Waals surface area contributed by atoms with Crippen LogP contribution in [0.5, 0.6) is 11.6 Å². The van der Waals surface area contributed by atoms with E-state index in [1.54, 1.807) is 11.8 Å². The van der Waals surface area contributed by atoms with Crippen molar-refractivity contribution in [1.29, 1.82) is 0 Å². The molecule has 0 saturated carbocycles. The molecule has 12 nitrogen and oxygen atoms in total. The molecule has 1 atom stereocenters. The van der Waals surface area contributed by atoms with Gasteiger partial charge in [-0.15, -0.1) is 5.10 Å². The van der Waals surface area contributed by atoms with E-state index in [2.05, 4.69) is 25.5 Å². The normalized spacial score (nSPS) is 16.1. The highest BCUT2D eigenvalue weighted by Crippen LogP contribution is 2.27. The molecule has 0 aliphatic carbocycles. The van der Waals surface area contributed by atoms with Gasteiger partial charge in [-0.25, -0.2) is 23.5 Å². The summed E-state index contributed by atoms with van der Waals surface area (Å²) in [6, 6.07) is 3.82. The van der Waals surface area contributed by atoms with Crippen molar-refractivity contribution >= 4 is 28.7 Å². The van der Waals surface area contributed by atoms with Gasteiger partial charge >= 0.3 is 5.65 Å². The number of fused-ring (bicyclic) bond motifs is 1. The summed E-state index contributed by atoms with van der Waals surface area (Å²) in [5.74, 6) is -2.25. The number of anilines is 1. The Labute approximate surface area is 227 Å². The molecule has 40 heavy (non-hydrogen) atoms. The topological polar surface area (TPSA) is 143 Å². The number of rotatable bonds is 6. The van der Waals surface area contributed by atoms with Crippen LogP contribution in [0.15, 0.2) is 49.1 Å². The maximum atomic E-state index is 13.8. The van der Waals surface area contributed by atoms with Crippen LogP contribution < -0.4 is 14.8 Å². The number of halogens is 2. The number of ether oxygens (including phenoxy) is 1. The van der Waals surface area contributed by atoms with Gasteiger partial charge in [-0.05, 0) is 39.0 Å². The van der Waals surface area contributed by atoms with Crippen molar-refractivity contribution in [3.05, 3.63) is 71.5 Å². The summed E-state index contributed by atoms with van der Waals surface area (Å²) < 4.78 is 32.8. The van der Waals surface area contributed by atoms with Crippen LogP contribution in [0.1, 0.15) is 31.1 Å². The number of hydrogen-bond donors (Lipinski definition) is 2. The molecule has 0 radical (unpaired) electrons. The molecule has 208 valence electrons. The van der Waals surface area contributed by atoms with Gasteiger partial charge in [0, 0.05) is 25.7 Å². The van der Waals surface area contributed by atoms with Crippen molar-refractivity contribution in [1.82, 2.24) is 30.0 Å². The highest BCUT2D eigenvalue weighted by atomic mass is 19.1. The minimum absolute atomic E-state index is 0.0322. The van der Waals surface area contributed by atoms with Crippen molar-refractivity contribution in [3.63, 3.8) is 0 Å². The molecule has 1 aliphatic rings. The number of nitrogens with zero attached hydrogens (tertiary/aromatic N) is 6. The van der Waals surface area contributed by atoms with Gasteiger partial charge in [-0.1, -0.05) is 5.10 Å². The second-order valence-electron chi connectivity index (χ2n) is 10.0. The molecule has 1 saturated heterocycles. The number of carbonyl (C=O) groups excluding carboxylic acids is 2. The van der Waals surface area contributed by atoms with E-state index in [0.717, 1.165) is 12.1 Å². The fraction of sp³-hybridized carbons (Fsp3) is 0.308. The van der Waals surface area contributed by atoms with Gasteiger partial charge in [-0.2, -0.15) is 0 Å². The minimum atomic E-state index is -0.883. The van der Waals surface area contributed by atoms with E-state index in [1.165, 1.54) is 30.9 Å². The Balaban J connectivity index is 1.21. The second kappa shape index (κ2) is 10.4. The summed E-state index contributed by atoms with van der Waals surface area (Å²) in [5.41, 5.74) is -0.0494. The van der Waals surface area contributed by atoms with Crippen LogP contribution in [0, 0.1) is 16.8 Å². The Hall–Kier alpha value is -4.72. The summed E-state index contributed by atoms with van der Waals surface area (Å²) >= 11 is 0. The van der Waals surface area contributed by atoms with Crippen molar-refractivity contribution < 1.29 is 27.8 Å². The number of carbonyl (C=O) groups is 2. The molecule has 2 amide bonds. The summed E-state index contributed by atoms with van der Waals surface area (Å²) in [4.78, 5) is 38.3. The molecule has 14 heteroatoms. The molecule has 1 unspecified atom stereocenters. The lowest BCUT2D eigenvalue weighted by atomic mass is 9.96. The average molecular weight is 553 g/mol. The molecule has 4 aromatic rings. The SMILES string of the molecule is CC(C(=O)Nc1cnc(Oc2ccc(F)cc2F)cn1)N1CCN(C(=O)c2cc[n+]([O-])c3[nH]ncc23)C(C)(C)C1. The smallest absolute Gasteiger partial charge is 0.312 e. The van der Waals surface area contributed by atoms with E-state index in [-0.39, 0.29) is 34.9 Å². The number of benzene rings is 1. The third-order valence-corrected chi connectivity index (χ3v) is 6.83. The van der Waals surface area contributed by atoms with Gasteiger partial charge in [0.15, 0.2) is 17.4 Å². The molecule has 5 rings (SSSR count). The highest BCUT2D eigenvalue weighted by molar-refractivity contribution is 6.05. The molecule has 0 spiro atoms. The van der Waals surface area contributed by atoms with Gasteiger partial charge in [0.2, 0.25) is 11.8 Å². The number of H-pyrrole nitrogens is 1. The summed E-state index contributed by atoms with van der Waals surface area (Å²) in [6.45, 7) is 6.80. The van der Waals surface area contributed by atoms with E-state index in [1.807, 2.05) is 18.7 Å². The fourth-order valence-corrected chi connectivity index (χ4v) is 4.68. The lowest BCUT2D eigenvalue weighted by Crippen LogP contribution is -2.63. The van der Waals surface area contributed by atoms with Gasteiger partial charge < -0.3 is 20.2 Å². The number of aromatic nitrogens is 5. The molecule has 1 fully saturated rings. The first-order valence-corrected chi connectivity index (χ1v) is 12.4. The Morgan fingerprint density at radius 3 is 2.67 bits per heavy atom. The van der Waals surface area contributed by atoms with Crippen molar-refractivity contribution in [2.75, 3.05) is 25.0 Å². The monoisotopic (exact) mass is 552 g/mol. The number of nitrogens with one attached hydrogen (secondary N) is 2. The summed E-state index contributed by atoms with van der Waals surface area (Å²) in [6.07, 6.45) is 5.21. The summed E-state index contributed by atoms with van der Waals surface area (Å²) in [5, 5.41) is 21.6. The Morgan fingerprint density at radius 1 is 1.18 bits per heavy atom. The molecule has 1 aliphatic heterocycles. The quantitative estimate of drug-likeness (QED) is 0.275. The van der Waals surface area contributed by atoms with E-state index in [0.29, 0.717) is 41.4 Å². The van der Waals surface area contributed by atoms with E-state index in [4.69, 9.17) is 4.74 Å². The van der Waals surface area contributed by atoms with E-state index >= 15 is 0 Å². The van der Waals surface area contributed by atoms with E-state index in [9.17, 15) is 23.6 Å². The predicted molar refractivity (Wildman–Crippen MR) is 138 cm³/mol. The molecule has 2 N–H and O–H groups in total. The fourth-order valence-electron chi connectivity index (χ4n) is 4.68. The van der Waals surface area contributed by atoms with Gasteiger partial charge in [0.05, 0.1) is 41.9 Å². The van der Waals surface area contributed by atoms with Crippen molar-refractivity contribution in [2.45, 2.75) is 32.4 Å². The van der Waals surface area contributed by atoms with Crippen LogP contribution in [-0.2, 0) is 4.79 Å². The molecule has 0 bridgehead atoms. The van der Waals surface area contributed by atoms with Crippen LogP contribution in [0.4, 0.5) is 14.6 Å². The van der Waals surface area contributed by atoms with Crippen molar-refractivity contribution in [3.8, 4) is 11.6 Å². The molecular weight excluding hydrogens is 526 g/mol. The second-order valence-corrected chi connectivity index (χ2v) is 10.0. The van der Waals surface area contributed by atoms with Gasteiger partial charge in [0.1, 0.15) is 11.2 Å². The number of hydrogen-bond acceptors (Lipinski definition) is 8. The largest absolute Gasteiger partial charge is 0.711 e. The third-order valence-electron chi connectivity index (χ3n) is 6.83. The Bertz CT molecular complexity index is 1580. The van der Waals surface area contributed by atoms with Gasteiger partial charge in [0.25, 0.3) is 5.91 Å². The number of aromatic amines is 1. The van der Waals surface area contributed by atoms with Crippen LogP contribution in [0.25, 0.3) is 11.0 Å². The average Bonchev–Trinajstić information content (AvgIpc) is 3.41. The third kappa shape index (κ3) is 5.25. The zero-order chi connectivity index (χ0) is 28.6.